The van der Waals surface area contributed by atoms with Crippen LogP contribution in [0.1, 0.15) is 29.5 Å². The van der Waals surface area contributed by atoms with Gasteiger partial charge < -0.3 is 10.5 Å². The third-order valence-electron chi connectivity index (χ3n) is 3.33. The summed E-state index contributed by atoms with van der Waals surface area (Å²) >= 11 is 5.94. The predicted octanol–water partition coefficient (Wildman–Crippen LogP) is 4.12. The number of ether oxygens (including phenoxy) is 1. The molecule has 0 aliphatic heterocycles. The number of hydrogen-bond acceptors (Lipinski definition) is 2. The molecule has 2 nitrogen and oxygen atoms in total. The second-order valence-corrected chi connectivity index (χ2v) is 5.44. The zero-order valence-corrected chi connectivity index (χ0v) is 12.4. The summed E-state index contributed by atoms with van der Waals surface area (Å²) in [5, 5.41) is 0.742. The van der Waals surface area contributed by atoms with Crippen LogP contribution in [-0.2, 0) is 18.0 Å². The molecule has 0 spiro atoms. The molecular formula is C17H20ClNO. The van der Waals surface area contributed by atoms with Gasteiger partial charge in [-0.25, -0.2) is 0 Å². The van der Waals surface area contributed by atoms with E-state index >= 15 is 0 Å². The number of nitrogens with two attached hydrogens (primary N) is 1. The maximum Gasteiger partial charge on any atom is 0.0721 e. The summed E-state index contributed by atoms with van der Waals surface area (Å²) in [5.74, 6) is 0.399. The Kier molecular flexibility index (Phi) is 5.60. The van der Waals surface area contributed by atoms with Gasteiger partial charge in [0.15, 0.2) is 0 Å². The first kappa shape index (κ1) is 15.0. The molecule has 2 aromatic carbocycles. The van der Waals surface area contributed by atoms with E-state index in [9.17, 15) is 0 Å². The van der Waals surface area contributed by atoms with Gasteiger partial charge in [-0.1, -0.05) is 54.9 Å². The summed E-state index contributed by atoms with van der Waals surface area (Å²) in [5.41, 5.74) is 9.19. The van der Waals surface area contributed by atoms with E-state index in [-0.39, 0.29) is 0 Å². The minimum absolute atomic E-state index is 0.399. The lowest BCUT2D eigenvalue weighted by Crippen LogP contribution is -2.08. The highest BCUT2D eigenvalue weighted by Gasteiger charge is 2.03. The Labute approximate surface area is 125 Å². The molecule has 0 heterocycles. The van der Waals surface area contributed by atoms with Crippen molar-refractivity contribution in [1.29, 1.82) is 0 Å². The van der Waals surface area contributed by atoms with Gasteiger partial charge >= 0.3 is 0 Å². The summed E-state index contributed by atoms with van der Waals surface area (Å²) in [4.78, 5) is 0. The van der Waals surface area contributed by atoms with Gasteiger partial charge in [-0.3, -0.25) is 0 Å². The van der Waals surface area contributed by atoms with Gasteiger partial charge in [0.25, 0.3) is 0 Å². The van der Waals surface area contributed by atoms with Crippen LogP contribution in [0.3, 0.4) is 0 Å². The highest BCUT2D eigenvalue weighted by atomic mass is 35.5. The lowest BCUT2D eigenvalue weighted by atomic mass is 10.0. The zero-order chi connectivity index (χ0) is 14.4. The first-order valence-corrected chi connectivity index (χ1v) is 7.18. The Balaban J connectivity index is 1.85. The van der Waals surface area contributed by atoms with Crippen LogP contribution >= 0.6 is 11.6 Å². The largest absolute Gasteiger partial charge is 0.372 e. The van der Waals surface area contributed by atoms with Crippen LogP contribution in [0.5, 0.6) is 0 Å². The van der Waals surface area contributed by atoms with E-state index in [1.807, 2.05) is 24.3 Å². The van der Waals surface area contributed by atoms with Gasteiger partial charge in [-0.15, -0.1) is 0 Å². The monoisotopic (exact) mass is 289 g/mol. The highest BCUT2D eigenvalue weighted by molar-refractivity contribution is 6.30. The molecular weight excluding hydrogens is 270 g/mol. The van der Waals surface area contributed by atoms with Crippen LogP contribution in [0.25, 0.3) is 0 Å². The molecule has 0 aromatic heterocycles. The van der Waals surface area contributed by atoms with Crippen molar-refractivity contribution in [2.24, 2.45) is 5.73 Å². The molecule has 0 fully saturated rings. The molecule has 1 unspecified atom stereocenters. The lowest BCUT2D eigenvalue weighted by Gasteiger charge is -2.10. The van der Waals surface area contributed by atoms with Crippen molar-refractivity contribution < 1.29 is 4.74 Å². The molecule has 2 rings (SSSR count). The summed E-state index contributed by atoms with van der Waals surface area (Å²) in [6, 6.07) is 16.2. The van der Waals surface area contributed by atoms with E-state index in [0.29, 0.717) is 25.7 Å². The van der Waals surface area contributed by atoms with Crippen LogP contribution in [0.4, 0.5) is 0 Å². The average Bonchev–Trinajstić information content (AvgIpc) is 2.47. The molecule has 0 bridgehead atoms. The second-order valence-electron chi connectivity index (χ2n) is 5.00. The highest BCUT2D eigenvalue weighted by Crippen LogP contribution is 2.16. The Morgan fingerprint density at radius 1 is 1.05 bits per heavy atom. The maximum absolute atomic E-state index is 5.94. The lowest BCUT2D eigenvalue weighted by molar-refractivity contribution is 0.107. The van der Waals surface area contributed by atoms with E-state index in [4.69, 9.17) is 22.1 Å². The van der Waals surface area contributed by atoms with Gasteiger partial charge in [0.1, 0.15) is 0 Å². The number of halogens is 1. The standard InChI is InChI=1S/C17H20ClNO/c1-13(10-19)16-7-5-14(6-8-16)11-20-12-15-3-2-4-17(18)9-15/h2-9,13H,10-12,19H2,1H3. The van der Waals surface area contributed by atoms with E-state index in [0.717, 1.165) is 10.6 Å². The van der Waals surface area contributed by atoms with Crippen LogP contribution < -0.4 is 5.73 Å². The molecule has 1 atom stereocenters. The fraction of sp³-hybridized carbons (Fsp3) is 0.294. The Morgan fingerprint density at radius 3 is 2.40 bits per heavy atom. The van der Waals surface area contributed by atoms with Gasteiger partial charge in [-0.05, 0) is 41.3 Å². The Morgan fingerprint density at radius 2 is 1.75 bits per heavy atom. The van der Waals surface area contributed by atoms with Gasteiger partial charge in [0.05, 0.1) is 13.2 Å². The first-order valence-electron chi connectivity index (χ1n) is 6.80. The number of benzene rings is 2. The van der Waals surface area contributed by atoms with Crippen LogP contribution in [0.2, 0.25) is 5.02 Å². The molecule has 0 aliphatic carbocycles. The molecule has 0 saturated carbocycles. The second kappa shape index (κ2) is 7.44. The molecule has 0 aliphatic rings. The summed E-state index contributed by atoms with van der Waals surface area (Å²) in [6.45, 7) is 3.97. The van der Waals surface area contributed by atoms with E-state index in [1.165, 1.54) is 11.1 Å². The molecule has 3 heteroatoms. The maximum atomic E-state index is 5.94. The normalized spacial score (nSPS) is 12.3. The minimum atomic E-state index is 0.399. The molecule has 0 radical (unpaired) electrons. The quantitative estimate of drug-likeness (QED) is 0.868. The van der Waals surface area contributed by atoms with E-state index in [2.05, 4.69) is 31.2 Å². The van der Waals surface area contributed by atoms with Crippen LogP contribution in [-0.4, -0.2) is 6.54 Å². The fourth-order valence-corrected chi connectivity index (χ4v) is 2.20. The average molecular weight is 290 g/mol. The zero-order valence-electron chi connectivity index (χ0n) is 11.7. The SMILES string of the molecule is CC(CN)c1ccc(COCc2cccc(Cl)c2)cc1. The van der Waals surface area contributed by atoms with Crippen LogP contribution in [0, 0.1) is 0 Å². The van der Waals surface area contributed by atoms with Crippen molar-refractivity contribution in [1.82, 2.24) is 0 Å². The van der Waals surface area contributed by atoms with Gasteiger partial charge in [0.2, 0.25) is 0 Å². The van der Waals surface area contributed by atoms with Crippen molar-refractivity contribution in [2.45, 2.75) is 26.1 Å². The van der Waals surface area contributed by atoms with Gasteiger partial charge in [-0.2, -0.15) is 0 Å². The smallest absolute Gasteiger partial charge is 0.0721 e. The van der Waals surface area contributed by atoms with E-state index in [1.54, 1.807) is 0 Å². The third kappa shape index (κ3) is 4.34. The molecule has 2 N–H and O–H groups in total. The van der Waals surface area contributed by atoms with Crippen molar-refractivity contribution in [2.75, 3.05) is 6.54 Å². The number of rotatable bonds is 6. The summed E-state index contributed by atoms with van der Waals surface area (Å²) in [7, 11) is 0. The summed E-state index contributed by atoms with van der Waals surface area (Å²) < 4.78 is 5.70. The molecule has 2 aromatic rings. The molecule has 0 saturated heterocycles. The Bertz CT molecular complexity index is 539. The summed E-state index contributed by atoms with van der Waals surface area (Å²) in [6.07, 6.45) is 0. The number of hydrogen-bond donors (Lipinski definition) is 1. The molecule has 20 heavy (non-hydrogen) atoms. The van der Waals surface area contributed by atoms with Crippen molar-refractivity contribution in [3.8, 4) is 0 Å². The fourth-order valence-electron chi connectivity index (χ4n) is 1.99. The third-order valence-corrected chi connectivity index (χ3v) is 3.56. The van der Waals surface area contributed by atoms with Crippen LogP contribution in [0.15, 0.2) is 48.5 Å². The van der Waals surface area contributed by atoms with Crippen molar-refractivity contribution in [3.63, 3.8) is 0 Å². The Hall–Kier alpha value is -1.35. The predicted molar refractivity (Wildman–Crippen MR) is 83.9 cm³/mol. The minimum Gasteiger partial charge on any atom is -0.372 e. The van der Waals surface area contributed by atoms with Crippen molar-refractivity contribution >= 4 is 11.6 Å². The van der Waals surface area contributed by atoms with Crippen molar-refractivity contribution in [3.05, 3.63) is 70.2 Å². The van der Waals surface area contributed by atoms with E-state index < -0.39 is 0 Å². The first-order chi connectivity index (χ1) is 9.69. The topological polar surface area (TPSA) is 35.2 Å². The molecule has 0 amide bonds. The van der Waals surface area contributed by atoms with Gasteiger partial charge in [0, 0.05) is 5.02 Å². The molecule has 106 valence electrons.